The Morgan fingerprint density at radius 2 is 2.17 bits per heavy atom. The van der Waals surface area contributed by atoms with Gasteiger partial charge in [0.25, 0.3) is 0 Å². The first-order valence-electron chi connectivity index (χ1n) is 9.86. The molecule has 156 valence electrons. The Morgan fingerprint density at radius 3 is 2.97 bits per heavy atom. The van der Waals surface area contributed by atoms with E-state index in [2.05, 4.69) is 20.4 Å². The zero-order valence-corrected chi connectivity index (χ0v) is 17.3. The Bertz CT molecular complexity index is 1060. The third-order valence-electron chi connectivity index (χ3n) is 5.28. The maximum absolute atomic E-state index is 13.3. The van der Waals surface area contributed by atoms with E-state index in [1.165, 1.54) is 18.2 Å². The highest BCUT2D eigenvalue weighted by atomic mass is 35.5. The minimum absolute atomic E-state index is 0.0149. The van der Waals surface area contributed by atoms with E-state index >= 15 is 0 Å². The molecule has 6 nitrogen and oxygen atoms in total. The fourth-order valence-electron chi connectivity index (χ4n) is 3.67. The first-order valence-corrected chi connectivity index (χ1v) is 10.2. The van der Waals surface area contributed by atoms with Gasteiger partial charge in [-0.1, -0.05) is 41.0 Å². The van der Waals surface area contributed by atoms with E-state index in [-0.39, 0.29) is 16.8 Å². The van der Waals surface area contributed by atoms with Crippen LogP contribution in [0.4, 0.5) is 10.1 Å². The topological polar surface area (TPSA) is 71.3 Å². The van der Waals surface area contributed by atoms with Crippen molar-refractivity contribution in [3.05, 3.63) is 64.8 Å². The molecule has 1 N–H and O–H groups in total. The lowest BCUT2D eigenvalue weighted by Crippen LogP contribution is -2.40. The number of carbonyl (C=O) groups is 1. The fraction of sp³-hybridized carbons (Fsp3) is 0.318. The van der Waals surface area contributed by atoms with Crippen molar-refractivity contribution in [3.8, 4) is 11.4 Å². The minimum Gasteiger partial charge on any atom is -0.338 e. The molecule has 0 bridgehead atoms. The Balaban J connectivity index is 1.38. The number of likely N-dealkylation sites (tertiary alicyclic amines) is 1. The molecule has 1 fully saturated rings. The van der Waals surface area contributed by atoms with Crippen LogP contribution in [0.3, 0.4) is 0 Å². The highest BCUT2D eigenvalue weighted by Crippen LogP contribution is 2.24. The zero-order chi connectivity index (χ0) is 21.1. The van der Waals surface area contributed by atoms with Crippen molar-refractivity contribution in [2.24, 2.45) is 5.92 Å². The third-order valence-corrected chi connectivity index (χ3v) is 5.57. The van der Waals surface area contributed by atoms with Gasteiger partial charge in [-0.3, -0.25) is 9.69 Å². The number of aromatic nitrogens is 2. The molecule has 1 saturated heterocycles. The third kappa shape index (κ3) is 4.68. The predicted octanol–water partition coefficient (Wildman–Crippen LogP) is 4.69. The van der Waals surface area contributed by atoms with Gasteiger partial charge in [0, 0.05) is 17.8 Å². The average Bonchev–Trinajstić information content (AvgIpc) is 3.19. The molecule has 30 heavy (non-hydrogen) atoms. The lowest BCUT2D eigenvalue weighted by atomic mass is 9.97. The highest BCUT2D eigenvalue weighted by molar-refractivity contribution is 6.31. The van der Waals surface area contributed by atoms with Gasteiger partial charge in [0.05, 0.1) is 17.5 Å². The Kier molecular flexibility index (Phi) is 6.11. The number of hydrogen-bond acceptors (Lipinski definition) is 5. The van der Waals surface area contributed by atoms with Crippen LogP contribution in [0.25, 0.3) is 11.4 Å². The van der Waals surface area contributed by atoms with Gasteiger partial charge >= 0.3 is 0 Å². The average molecular weight is 429 g/mol. The van der Waals surface area contributed by atoms with E-state index in [9.17, 15) is 9.18 Å². The molecule has 0 radical (unpaired) electrons. The lowest BCUT2D eigenvalue weighted by molar-refractivity contribution is -0.121. The van der Waals surface area contributed by atoms with Gasteiger partial charge in [0.1, 0.15) is 5.82 Å². The van der Waals surface area contributed by atoms with Crippen LogP contribution >= 0.6 is 11.6 Å². The normalized spacial score (nSPS) is 17.1. The number of rotatable bonds is 5. The zero-order valence-electron chi connectivity index (χ0n) is 16.6. The van der Waals surface area contributed by atoms with Crippen LogP contribution in [-0.2, 0) is 11.3 Å². The number of hydrogen-bond donors (Lipinski definition) is 1. The summed E-state index contributed by atoms with van der Waals surface area (Å²) in [7, 11) is 0. The molecule has 1 aliphatic heterocycles. The van der Waals surface area contributed by atoms with Gasteiger partial charge in [-0.2, -0.15) is 4.98 Å². The Labute approximate surface area is 179 Å². The summed E-state index contributed by atoms with van der Waals surface area (Å²) in [6, 6.07) is 12.1. The number of amides is 1. The van der Waals surface area contributed by atoms with Gasteiger partial charge in [-0.05, 0) is 50.1 Å². The molecule has 0 saturated carbocycles. The standard InChI is InChI=1S/C22H22ClFN4O2/c1-14-5-2-3-7-17(14)21-26-20(30-27-21)13-28-10-4-6-15(12-28)22(29)25-16-8-9-19(24)18(23)11-16/h2-3,5,7-9,11,15H,4,6,10,12-13H2,1H3,(H,25,29). The van der Waals surface area contributed by atoms with Gasteiger partial charge in [-0.25, -0.2) is 4.39 Å². The molecule has 3 aromatic rings. The lowest BCUT2D eigenvalue weighted by Gasteiger charge is -2.30. The second kappa shape index (κ2) is 8.93. The molecule has 1 atom stereocenters. The van der Waals surface area contributed by atoms with Crippen molar-refractivity contribution in [3.63, 3.8) is 0 Å². The number of anilines is 1. The summed E-state index contributed by atoms with van der Waals surface area (Å²) in [5, 5.41) is 6.92. The van der Waals surface area contributed by atoms with Crippen LogP contribution in [-0.4, -0.2) is 34.0 Å². The molecular formula is C22H22ClFN4O2. The van der Waals surface area contributed by atoms with E-state index in [0.717, 1.165) is 30.5 Å². The number of nitrogens with zero attached hydrogens (tertiary/aromatic N) is 3. The summed E-state index contributed by atoms with van der Waals surface area (Å²) in [4.78, 5) is 19.3. The first-order chi connectivity index (χ1) is 14.5. The van der Waals surface area contributed by atoms with Gasteiger partial charge in [0.2, 0.25) is 17.6 Å². The molecule has 1 aliphatic rings. The summed E-state index contributed by atoms with van der Waals surface area (Å²) in [5.41, 5.74) is 2.52. The fourth-order valence-corrected chi connectivity index (χ4v) is 3.86. The molecule has 0 aliphatic carbocycles. The molecule has 1 amide bonds. The summed E-state index contributed by atoms with van der Waals surface area (Å²) in [5.74, 6) is 0.306. The van der Waals surface area contributed by atoms with Crippen LogP contribution in [0.5, 0.6) is 0 Å². The van der Waals surface area contributed by atoms with Crippen LogP contribution < -0.4 is 5.32 Å². The van der Waals surface area contributed by atoms with Gasteiger partial charge < -0.3 is 9.84 Å². The minimum atomic E-state index is -0.511. The van der Waals surface area contributed by atoms with Crippen molar-refractivity contribution in [1.82, 2.24) is 15.0 Å². The molecule has 4 rings (SSSR count). The van der Waals surface area contributed by atoms with Crippen molar-refractivity contribution in [2.45, 2.75) is 26.3 Å². The number of halogens is 2. The number of carbonyl (C=O) groups excluding carboxylic acids is 1. The number of nitrogens with one attached hydrogen (secondary N) is 1. The molecule has 2 aromatic carbocycles. The van der Waals surface area contributed by atoms with Crippen LogP contribution in [0, 0.1) is 18.7 Å². The van der Waals surface area contributed by atoms with Crippen molar-refractivity contribution < 1.29 is 13.7 Å². The summed E-state index contributed by atoms with van der Waals surface area (Å²) in [6.45, 7) is 3.94. The molecule has 0 spiro atoms. The van der Waals surface area contributed by atoms with Crippen LogP contribution in [0.2, 0.25) is 5.02 Å². The van der Waals surface area contributed by atoms with Gasteiger partial charge in [-0.15, -0.1) is 0 Å². The maximum atomic E-state index is 13.3. The van der Waals surface area contributed by atoms with Gasteiger partial charge in [0.15, 0.2) is 0 Å². The van der Waals surface area contributed by atoms with E-state index in [1.807, 2.05) is 31.2 Å². The second-order valence-electron chi connectivity index (χ2n) is 7.52. The number of benzene rings is 2. The molecular weight excluding hydrogens is 407 g/mol. The molecule has 8 heteroatoms. The monoisotopic (exact) mass is 428 g/mol. The van der Waals surface area contributed by atoms with Crippen LogP contribution in [0.15, 0.2) is 47.0 Å². The molecule has 1 unspecified atom stereocenters. The second-order valence-corrected chi connectivity index (χ2v) is 7.93. The summed E-state index contributed by atoms with van der Waals surface area (Å²) in [6.07, 6.45) is 1.68. The van der Waals surface area contributed by atoms with Crippen molar-refractivity contribution >= 4 is 23.2 Å². The Morgan fingerprint density at radius 1 is 1.33 bits per heavy atom. The SMILES string of the molecule is Cc1ccccc1-c1noc(CN2CCCC(C(=O)Nc3ccc(F)c(Cl)c3)C2)n1. The maximum Gasteiger partial charge on any atom is 0.241 e. The largest absolute Gasteiger partial charge is 0.338 e. The Hall–Kier alpha value is -2.77. The van der Waals surface area contributed by atoms with E-state index < -0.39 is 5.82 Å². The summed E-state index contributed by atoms with van der Waals surface area (Å²) >= 11 is 5.79. The smallest absolute Gasteiger partial charge is 0.241 e. The van der Waals surface area contributed by atoms with Crippen molar-refractivity contribution in [2.75, 3.05) is 18.4 Å². The van der Waals surface area contributed by atoms with E-state index in [0.29, 0.717) is 30.5 Å². The summed E-state index contributed by atoms with van der Waals surface area (Å²) < 4.78 is 18.7. The molecule has 1 aromatic heterocycles. The van der Waals surface area contributed by atoms with E-state index in [4.69, 9.17) is 16.1 Å². The van der Waals surface area contributed by atoms with Crippen molar-refractivity contribution in [1.29, 1.82) is 0 Å². The quantitative estimate of drug-likeness (QED) is 0.638. The predicted molar refractivity (Wildman–Crippen MR) is 113 cm³/mol. The van der Waals surface area contributed by atoms with Crippen LogP contribution in [0.1, 0.15) is 24.3 Å². The molecule has 2 heterocycles. The highest BCUT2D eigenvalue weighted by Gasteiger charge is 2.27. The first kappa shape index (κ1) is 20.5. The number of piperidine rings is 1. The van der Waals surface area contributed by atoms with E-state index in [1.54, 1.807) is 0 Å². The number of aryl methyl sites for hydroxylation is 1.